The lowest BCUT2D eigenvalue weighted by molar-refractivity contribution is -0.384. The number of nitrogens with zero attached hydrogens (tertiary/aromatic N) is 2. The predicted molar refractivity (Wildman–Crippen MR) is 74.8 cm³/mol. The monoisotopic (exact) mass is 264 g/mol. The molecular formula is C14H20N2O3. The molecule has 1 saturated heterocycles. The fourth-order valence-electron chi connectivity index (χ4n) is 2.90. The van der Waals surface area contributed by atoms with Crippen LogP contribution in [0.4, 0.5) is 11.4 Å². The van der Waals surface area contributed by atoms with Crippen molar-refractivity contribution in [2.75, 3.05) is 25.1 Å². The molecule has 1 aliphatic rings. The van der Waals surface area contributed by atoms with Crippen molar-refractivity contribution in [3.8, 4) is 5.75 Å². The van der Waals surface area contributed by atoms with Gasteiger partial charge < -0.3 is 9.64 Å². The van der Waals surface area contributed by atoms with Gasteiger partial charge in [0.2, 0.25) is 0 Å². The van der Waals surface area contributed by atoms with Crippen LogP contribution in [-0.4, -0.2) is 25.1 Å². The Bertz CT molecular complexity index is 466. The van der Waals surface area contributed by atoms with Crippen LogP contribution in [0.3, 0.4) is 0 Å². The molecule has 5 heteroatoms. The number of ether oxygens (including phenoxy) is 1. The van der Waals surface area contributed by atoms with E-state index < -0.39 is 4.92 Å². The maximum atomic E-state index is 10.8. The quantitative estimate of drug-likeness (QED) is 0.622. The van der Waals surface area contributed by atoms with E-state index in [1.165, 1.54) is 12.5 Å². The van der Waals surface area contributed by atoms with Gasteiger partial charge in [-0.3, -0.25) is 10.1 Å². The normalized spacial score (nSPS) is 23.2. The molecule has 2 rings (SSSR count). The van der Waals surface area contributed by atoms with E-state index in [1.807, 2.05) is 0 Å². The smallest absolute Gasteiger partial charge is 0.273 e. The maximum absolute atomic E-state index is 10.8. The molecule has 0 bridgehead atoms. The largest absolute Gasteiger partial charge is 0.494 e. The molecule has 0 radical (unpaired) electrons. The summed E-state index contributed by atoms with van der Waals surface area (Å²) in [6.45, 7) is 6.41. The van der Waals surface area contributed by atoms with Crippen LogP contribution < -0.4 is 9.64 Å². The summed E-state index contributed by atoms with van der Waals surface area (Å²) in [4.78, 5) is 12.7. The van der Waals surface area contributed by atoms with Crippen LogP contribution in [0.25, 0.3) is 0 Å². The second-order valence-electron chi connectivity index (χ2n) is 5.46. The Labute approximate surface area is 113 Å². The maximum Gasteiger partial charge on any atom is 0.273 e. The van der Waals surface area contributed by atoms with Crippen molar-refractivity contribution in [1.29, 1.82) is 0 Å². The van der Waals surface area contributed by atoms with Crippen LogP contribution in [0.1, 0.15) is 20.3 Å². The molecule has 0 amide bonds. The van der Waals surface area contributed by atoms with E-state index in [2.05, 4.69) is 18.7 Å². The number of methoxy groups -OCH3 is 1. The fraction of sp³-hybridized carbons (Fsp3) is 0.571. The van der Waals surface area contributed by atoms with Crippen LogP contribution in [-0.2, 0) is 0 Å². The molecule has 1 fully saturated rings. The van der Waals surface area contributed by atoms with Crippen molar-refractivity contribution in [3.63, 3.8) is 0 Å². The van der Waals surface area contributed by atoms with E-state index in [0.29, 0.717) is 17.6 Å². The lowest BCUT2D eigenvalue weighted by atomic mass is 9.91. The summed E-state index contributed by atoms with van der Waals surface area (Å²) >= 11 is 0. The van der Waals surface area contributed by atoms with Gasteiger partial charge in [-0.1, -0.05) is 13.8 Å². The zero-order chi connectivity index (χ0) is 14.0. The summed E-state index contributed by atoms with van der Waals surface area (Å²) in [7, 11) is 1.55. The van der Waals surface area contributed by atoms with Crippen LogP contribution in [0, 0.1) is 22.0 Å². The van der Waals surface area contributed by atoms with Crippen molar-refractivity contribution in [3.05, 3.63) is 28.3 Å². The zero-order valence-corrected chi connectivity index (χ0v) is 11.6. The van der Waals surface area contributed by atoms with Gasteiger partial charge in [0.05, 0.1) is 23.8 Å². The van der Waals surface area contributed by atoms with Crippen molar-refractivity contribution in [1.82, 2.24) is 0 Å². The molecule has 0 spiro atoms. The minimum atomic E-state index is -0.395. The van der Waals surface area contributed by atoms with Gasteiger partial charge >= 0.3 is 0 Å². The Hall–Kier alpha value is -1.78. The number of piperidine rings is 1. The molecule has 0 unspecified atom stereocenters. The van der Waals surface area contributed by atoms with Gasteiger partial charge in [0.1, 0.15) is 5.75 Å². The topological polar surface area (TPSA) is 55.6 Å². The van der Waals surface area contributed by atoms with E-state index in [-0.39, 0.29) is 5.69 Å². The number of rotatable bonds is 3. The van der Waals surface area contributed by atoms with E-state index in [1.54, 1.807) is 19.2 Å². The van der Waals surface area contributed by atoms with E-state index >= 15 is 0 Å². The van der Waals surface area contributed by atoms with Gasteiger partial charge in [0.15, 0.2) is 0 Å². The summed E-state index contributed by atoms with van der Waals surface area (Å²) < 4.78 is 5.31. The predicted octanol–water partition coefficient (Wildman–Crippen LogP) is 3.09. The highest BCUT2D eigenvalue weighted by molar-refractivity contribution is 5.62. The molecular weight excluding hydrogens is 244 g/mol. The summed E-state index contributed by atoms with van der Waals surface area (Å²) in [5.41, 5.74) is 1.02. The Morgan fingerprint density at radius 2 is 1.95 bits per heavy atom. The van der Waals surface area contributed by atoms with Gasteiger partial charge in [-0.25, -0.2) is 0 Å². The molecule has 0 saturated carbocycles. The summed E-state index contributed by atoms with van der Waals surface area (Å²) in [5, 5.41) is 10.8. The van der Waals surface area contributed by atoms with Crippen LogP contribution in [0.15, 0.2) is 18.2 Å². The minimum absolute atomic E-state index is 0.0682. The van der Waals surface area contributed by atoms with Crippen LogP contribution >= 0.6 is 0 Å². The third-order valence-electron chi connectivity index (χ3n) is 3.58. The number of nitro benzene ring substituents is 1. The van der Waals surface area contributed by atoms with Crippen LogP contribution in [0.2, 0.25) is 0 Å². The summed E-state index contributed by atoms with van der Waals surface area (Å²) in [5.74, 6) is 1.84. The fourth-order valence-corrected chi connectivity index (χ4v) is 2.90. The molecule has 1 aliphatic heterocycles. The van der Waals surface area contributed by atoms with Crippen LogP contribution in [0.5, 0.6) is 5.75 Å². The first-order valence-corrected chi connectivity index (χ1v) is 6.58. The Morgan fingerprint density at radius 1 is 1.32 bits per heavy atom. The van der Waals surface area contributed by atoms with Crippen molar-refractivity contribution in [2.45, 2.75) is 20.3 Å². The van der Waals surface area contributed by atoms with E-state index in [9.17, 15) is 10.1 Å². The van der Waals surface area contributed by atoms with E-state index in [0.717, 1.165) is 18.8 Å². The van der Waals surface area contributed by atoms with Gasteiger partial charge in [-0.2, -0.15) is 0 Å². The SMILES string of the molecule is COc1cc([N+](=O)[O-])ccc1N1C[C@@H](C)C[C@H](C)C1. The third-order valence-corrected chi connectivity index (χ3v) is 3.58. The average Bonchev–Trinajstić information content (AvgIpc) is 2.36. The first-order valence-electron chi connectivity index (χ1n) is 6.58. The lowest BCUT2D eigenvalue weighted by Gasteiger charge is -2.37. The van der Waals surface area contributed by atoms with Crippen molar-refractivity contribution in [2.24, 2.45) is 11.8 Å². The minimum Gasteiger partial charge on any atom is -0.494 e. The highest BCUT2D eigenvalue weighted by atomic mass is 16.6. The van der Waals surface area contributed by atoms with Gasteiger partial charge in [0, 0.05) is 19.2 Å². The molecule has 0 N–H and O–H groups in total. The van der Waals surface area contributed by atoms with Gasteiger partial charge in [-0.05, 0) is 24.3 Å². The highest BCUT2D eigenvalue weighted by Crippen LogP contribution is 2.35. The van der Waals surface area contributed by atoms with Crippen molar-refractivity contribution < 1.29 is 9.66 Å². The summed E-state index contributed by atoms with van der Waals surface area (Å²) in [6, 6.07) is 4.84. The molecule has 1 aromatic rings. The van der Waals surface area contributed by atoms with E-state index in [4.69, 9.17) is 4.74 Å². The molecule has 1 aromatic carbocycles. The zero-order valence-electron chi connectivity index (χ0n) is 11.6. The van der Waals surface area contributed by atoms with Gasteiger partial charge in [0.25, 0.3) is 5.69 Å². The average molecular weight is 264 g/mol. The Balaban J connectivity index is 2.30. The Morgan fingerprint density at radius 3 is 2.47 bits per heavy atom. The van der Waals surface area contributed by atoms with Gasteiger partial charge in [-0.15, -0.1) is 0 Å². The molecule has 0 aliphatic carbocycles. The number of benzene rings is 1. The third kappa shape index (κ3) is 2.97. The highest BCUT2D eigenvalue weighted by Gasteiger charge is 2.24. The Kier molecular flexibility index (Phi) is 3.93. The molecule has 2 atom stereocenters. The number of anilines is 1. The summed E-state index contributed by atoms with van der Waals surface area (Å²) in [6.07, 6.45) is 1.23. The molecule has 5 nitrogen and oxygen atoms in total. The molecule has 1 heterocycles. The molecule has 0 aromatic heterocycles. The standard InChI is InChI=1S/C14H20N2O3/c1-10-6-11(2)9-15(8-10)13-5-4-12(16(17)18)7-14(13)19-3/h4-5,7,10-11H,6,8-9H2,1-3H3/t10-,11-/m0/s1. The lowest BCUT2D eigenvalue weighted by Crippen LogP contribution is -2.38. The second-order valence-corrected chi connectivity index (χ2v) is 5.46. The first-order chi connectivity index (χ1) is 9.01. The van der Waals surface area contributed by atoms with Crippen molar-refractivity contribution >= 4 is 11.4 Å². The number of hydrogen-bond acceptors (Lipinski definition) is 4. The number of non-ortho nitro benzene ring substituents is 1. The molecule has 19 heavy (non-hydrogen) atoms. The first kappa shape index (κ1) is 13.6. The second kappa shape index (κ2) is 5.47. The number of hydrogen-bond donors (Lipinski definition) is 0. The molecule has 104 valence electrons. The number of nitro groups is 1.